The molecule has 0 spiro atoms. The Kier molecular flexibility index (Phi) is 46.1. The zero-order chi connectivity index (χ0) is 42.3. The second-order valence-electron chi connectivity index (χ2n) is 17.0. The Morgan fingerprint density at radius 2 is 0.776 bits per heavy atom. The molecule has 0 saturated carbocycles. The number of allylic oxidation sites excluding steroid dienone is 9. The number of carbonyl (C=O) groups is 1. The van der Waals surface area contributed by atoms with Gasteiger partial charge in [0.25, 0.3) is 0 Å². The molecule has 0 aromatic heterocycles. The lowest BCUT2D eigenvalue weighted by molar-refractivity contribution is -0.131. The molecule has 0 aromatic rings. The number of hydrogen-bond acceptors (Lipinski definition) is 4. The van der Waals surface area contributed by atoms with Crippen molar-refractivity contribution in [3.8, 4) is 0 Å². The minimum atomic E-state index is -1.11. The van der Waals surface area contributed by atoms with Crippen molar-refractivity contribution in [3.63, 3.8) is 0 Å². The van der Waals surface area contributed by atoms with Gasteiger partial charge in [-0.3, -0.25) is 4.79 Å². The highest BCUT2D eigenvalue weighted by Crippen LogP contribution is 2.16. The summed E-state index contributed by atoms with van der Waals surface area (Å²) in [5, 5.41) is 33.1. The van der Waals surface area contributed by atoms with E-state index in [4.69, 9.17) is 0 Å². The number of rotatable bonds is 45. The smallest absolute Gasteiger partial charge is 0.249 e. The molecule has 0 saturated heterocycles. The summed E-state index contributed by atoms with van der Waals surface area (Å²) in [6, 6.07) is -0.821. The number of amides is 1. The minimum Gasteiger partial charge on any atom is -0.394 e. The van der Waals surface area contributed by atoms with Gasteiger partial charge < -0.3 is 20.6 Å². The maximum Gasteiger partial charge on any atom is 0.249 e. The van der Waals surface area contributed by atoms with Crippen LogP contribution in [0.1, 0.15) is 245 Å². The number of carbonyl (C=O) groups excluding carboxylic acids is 1. The summed E-state index contributed by atoms with van der Waals surface area (Å²) >= 11 is 0. The van der Waals surface area contributed by atoms with E-state index in [-0.39, 0.29) is 6.61 Å². The number of nitrogens with one attached hydrogen (secondary N) is 1. The summed E-state index contributed by atoms with van der Waals surface area (Å²) in [7, 11) is 0. The van der Waals surface area contributed by atoms with Gasteiger partial charge in [0.2, 0.25) is 5.91 Å². The predicted octanol–water partition coefficient (Wildman–Crippen LogP) is 15.0. The molecule has 0 bridgehead atoms. The van der Waals surface area contributed by atoms with Crippen LogP contribution in [0, 0.1) is 0 Å². The fraction of sp³-hybridized carbons (Fsp3) is 0.792. The molecule has 3 unspecified atom stereocenters. The average molecular weight is 812 g/mol. The van der Waals surface area contributed by atoms with E-state index in [0.29, 0.717) is 6.42 Å². The molecule has 0 fully saturated rings. The molecule has 4 N–H and O–H groups in total. The van der Waals surface area contributed by atoms with E-state index in [1.807, 2.05) is 6.08 Å². The normalized spacial score (nSPS) is 13.9. The van der Waals surface area contributed by atoms with Gasteiger partial charge in [0.1, 0.15) is 6.10 Å². The van der Waals surface area contributed by atoms with Crippen molar-refractivity contribution in [2.45, 2.75) is 263 Å². The molecule has 5 nitrogen and oxygen atoms in total. The van der Waals surface area contributed by atoms with E-state index < -0.39 is 24.2 Å². The van der Waals surface area contributed by atoms with Crippen LogP contribution in [0.5, 0.6) is 0 Å². The van der Waals surface area contributed by atoms with Gasteiger partial charge >= 0.3 is 0 Å². The van der Waals surface area contributed by atoms with E-state index in [0.717, 1.165) is 51.4 Å². The lowest BCUT2D eigenvalue weighted by atomic mass is 10.0. The molecule has 3 atom stereocenters. The standard InChI is InChI=1S/C53H97NO4/c1-3-5-7-9-11-13-15-17-18-19-20-21-22-23-24-25-26-27-28-29-30-31-32-33-34-35-36-38-40-42-44-46-48-52(57)53(58)54-50(49-55)51(56)47-45-43-41-39-37-16-14-12-10-8-6-4-2/h10,12,20-21,23-24,37,39,45,47,50-52,55-57H,3-9,11,13-19,22,25-36,38,40-44,46,48-49H2,1-2H3,(H,54,58)/b12-10+,21-20-,24-23-,39-37+,47-45+. The molecule has 5 heteroatoms. The molecular formula is C53H97NO4. The summed E-state index contributed by atoms with van der Waals surface area (Å²) in [5.41, 5.74) is 0. The van der Waals surface area contributed by atoms with Crippen molar-refractivity contribution in [2.75, 3.05) is 6.61 Å². The molecule has 0 heterocycles. The molecule has 0 aliphatic heterocycles. The Balaban J connectivity index is 3.56. The number of aliphatic hydroxyl groups is 3. The van der Waals surface area contributed by atoms with E-state index in [1.165, 1.54) is 173 Å². The zero-order valence-corrected chi connectivity index (χ0v) is 38.4. The molecule has 0 aliphatic carbocycles. The average Bonchev–Trinajstić information content (AvgIpc) is 3.23. The highest BCUT2D eigenvalue weighted by molar-refractivity contribution is 5.80. The number of hydrogen-bond donors (Lipinski definition) is 4. The van der Waals surface area contributed by atoms with Crippen LogP contribution >= 0.6 is 0 Å². The van der Waals surface area contributed by atoms with E-state index in [2.05, 4.69) is 67.8 Å². The summed E-state index contributed by atoms with van der Waals surface area (Å²) in [6.07, 6.45) is 64.3. The first-order valence-electron chi connectivity index (χ1n) is 25.1. The van der Waals surface area contributed by atoms with Gasteiger partial charge in [-0.15, -0.1) is 0 Å². The number of aliphatic hydroxyl groups excluding tert-OH is 3. The van der Waals surface area contributed by atoms with E-state index in [1.54, 1.807) is 6.08 Å². The fourth-order valence-corrected chi connectivity index (χ4v) is 7.35. The minimum absolute atomic E-state index is 0.383. The van der Waals surface area contributed by atoms with Gasteiger partial charge in [-0.1, -0.05) is 235 Å². The van der Waals surface area contributed by atoms with Crippen molar-refractivity contribution in [3.05, 3.63) is 60.8 Å². The first-order chi connectivity index (χ1) is 28.6. The van der Waals surface area contributed by atoms with Crippen molar-refractivity contribution in [1.29, 1.82) is 0 Å². The van der Waals surface area contributed by atoms with Gasteiger partial charge in [0.05, 0.1) is 18.8 Å². The number of unbranched alkanes of at least 4 members (excludes halogenated alkanes) is 29. The SMILES string of the molecule is CCCC/C=C/CC/C=C/CC/C=C/C(O)C(CO)NC(=O)C(O)CCCCCCCCCCCCCCCCCC/C=C\C/C=C\CCCCCCCCCCC. The summed E-state index contributed by atoms with van der Waals surface area (Å²) in [6.45, 7) is 4.12. The van der Waals surface area contributed by atoms with Crippen molar-refractivity contribution in [1.82, 2.24) is 5.32 Å². The first kappa shape index (κ1) is 56.0. The third-order valence-electron chi connectivity index (χ3n) is 11.3. The van der Waals surface area contributed by atoms with Gasteiger partial charge in [-0.2, -0.15) is 0 Å². The molecule has 58 heavy (non-hydrogen) atoms. The Bertz CT molecular complexity index is 985. The molecule has 0 aromatic carbocycles. The Morgan fingerprint density at radius 1 is 0.431 bits per heavy atom. The topological polar surface area (TPSA) is 89.8 Å². The molecule has 0 rings (SSSR count). The Labute approximate surface area is 360 Å². The molecule has 338 valence electrons. The second kappa shape index (κ2) is 47.7. The van der Waals surface area contributed by atoms with Crippen LogP contribution in [0.25, 0.3) is 0 Å². The summed E-state index contributed by atoms with van der Waals surface area (Å²) in [5.74, 6) is -0.519. The quantitative estimate of drug-likeness (QED) is 0.0364. The molecule has 1 amide bonds. The molecular weight excluding hydrogens is 715 g/mol. The van der Waals surface area contributed by atoms with E-state index >= 15 is 0 Å². The third kappa shape index (κ3) is 42.2. The van der Waals surface area contributed by atoms with Gasteiger partial charge in [-0.05, 0) is 70.6 Å². The molecule has 0 aliphatic rings. The second-order valence-corrected chi connectivity index (χ2v) is 17.0. The van der Waals surface area contributed by atoms with Gasteiger partial charge in [0, 0.05) is 0 Å². The van der Waals surface area contributed by atoms with Crippen LogP contribution in [0.2, 0.25) is 0 Å². The highest BCUT2D eigenvalue weighted by atomic mass is 16.3. The summed E-state index contributed by atoms with van der Waals surface area (Å²) in [4.78, 5) is 12.5. The maximum atomic E-state index is 12.5. The van der Waals surface area contributed by atoms with Crippen LogP contribution in [-0.2, 0) is 4.79 Å². The van der Waals surface area contributed by atoms with Crippen molar-refractivity contribution < 1.29 is 20.1 Å². The van der Waals surface area contributed by atoms with Crippen LogP contribution in [0.15, 0.2) is 60.8 Å². The largest absolute Gasteiger partial charge is 0.394 e. The van der Waals surface area contributed by atoms with Gasteiger partial charge in [-0.25, -0.2) is 0 Å². The highest BCUT2D eigenvalue weighted by Gasteiger charge is 2.22. The first-order valence-corrected chi connectivity index (χ1v) is 25.1. The van der Waals surface area contributed by atoms with Crippen molar-refractivity contribution >= 4 is 5.91 Å². The van der Waals surface area contributed by atoms with Crippen molar-refractivity contribution in [2.24, 2.45) is 0 Å². The molecule has 0 radical (unpaired) electrons. The lowest BCUT2D eigenvalue weighted by Gasteiger charge is -2.21. The summed E-state index contributed by atoms with van der Waals surface area (Å²) < 4.78 is 0. The van der Waals surface area contributed by atoms with Crippen LogP contribution in [0.4, 0.5) is 0 Å². The van der Waals surface area contributed by atoms with Crippen LogP contribution in [0.3, 0.4) is 0 Å². The lowest BCUT2D eigenvalue weighted by Crippen LogP contribution is -2.48. The zero-order valence-electron chi connectivity index (χ0n) is 38.4. The van der Waals surface area contributed by atoms with Crippen LogP contribution in [-0.4, -0.2) is 46.1 Å². The van der Waals surface area contributed by atoms with Gasteiger partial charge in [0.15, 0.2) is 0 Å². The Hall–Kier alpha value is -1.95. The third-order valence-corrected chi connectivity index (χ3v) is 11.3. The predicted molar refractivity (Wildman–Crippen MR) is 254 cm³/mol. The fourth-order valence-electron chi connectivity index (χ4n) is 7.35. The van der Waals surface area contributed by atoms with E-state index in [9.17, 15) is 20.1 Å². The Morgan fingerprint density at radius 3 is 1.21 bits per heavy atom. The van der Waals surface area contributed by atoms with Crippen LogP contribution < -0.4 is 5.32 Å². The monoisotopic (exact) mass is 812 g/mol. The maximum absolute atomic E-state index is 12.5.